The number of nitrogens with zero attached hydrogens (tertiary/aromatic N) is 1. The van der Waals surface area contributed by atoms with Crippen LogP contribution in [0.1, 0.15) is 42.5 Å². The quantitative estimate of drug-likeness (QED) is 0.868. The number of hydrogen-bond donors (Lipinski definition) is 1. The average molecular weight is 320 g/mol. The van der Waals surface area contributed by atoms with Gasteiger partial charge in [0.15, 0.2) is 18.1 Å². The number of hydrogen-bond acceptors (Lipinski definition) is 4. The number of likely N-dealkylation sites (N-methyl/N-ethyl adjacent to an activating group) is 1. The standard InChI is InChI=1S/C17H24N2O4/c1-19(12-7-4-3-5-8-12)15(20)11-23-16-13(17(18)21)9-6-10-14(16)22-2/h6,9-10,12H,3-5,7-8,11H2,1-2H3,(H2,18,21). The molecule has 2 rings (SSSR count). The van der Waals surface area contributed by atoms with E-state index in [-0.39, 0.29) is 29.9 Å². The number of primary amides is 1. The highest BCUT2D eigenvalue weighted by molar-refractivity contribution is 5.96. The van der Waals surface area contributed by atoms with Crippen LogP contribution in [0.2, 0.25) is 0 Å². The summed E-state index contributed by atoms with van der Waals surface area (Å²) in [5, 5.41) is 0. The summed E-state index contributed by atoms with van der Waals surface area (Å²) in [6, 6.07) is 5.14. The molecule has 0 spiro atoms. The van der Waals surface area contributed by atoms with E-state index in [2.05, 4.69) is 0 Å². The smallest absolute Gasteiger partial charge is 0.260 e. The van der Waals surface area contributed by atoms with Gasteiger partial charge in [0.2, 0.25) is 0 Å². The maximum absolute atomic E-state index is 12.3. The number of amides is 2. The van der Waals surface area contributed by atoms with Gasteiger partial charge in [0, 0.05) is 13.1 Å². The summed E-state index contributed by atoms with van der Waals surface area (Å²) in [6.45, 7) is -0.145. The molecule has 1 fully saturated rings. The van der Waals surface area contributed by atoms with Crippen molar-refractivity contribution in [1.82, 2.24) is 4.90 Å². The lowest BCUT2D eigenvalue weighted by atomic mass is 9.94. The number of rotatable bonds is 6. The van der Waals surface area contributed by atoms with Crippen LogP contribution in [0.25, 0.3) is 0 Å². The number of methoxy groups -OCH3 is 1. The maximum atomic E-state index is 12.3. The normalized spacial score (nSPS) is 15.0. The van der Waals surface area contributed by atoms with Crippen LogP contribution in [0.5, 0.6) is 11.5 Å². The average Bonchev–Trinajstić information content (AvgIpc) is 2.59. The largest absolute Gasteiger partial charge is 0.493 e. The van der Waals surface area contributed by atoms with Crippen LogP contribution < -0.4 is 15.2 Å². The number of carbonyl (C=O) groups excluding carboxylic acids is 2. The summed E-state index contributed by atoms with van der Waals surface area (Å²) >= 11 is 0. The zero-order valence-corrected chi connectivity index (χ0v) is 13.7. The molecule has 2 amide bonds. The molecule has 0 bridgehead atoms. The van der Waals surface area contributed by atoms with E-state index in [1.807, 2.05) is 0 Å². The highest BCUT2D eigenvalue weighted by Crippen LogP contribution is 2.31. The van der Waals surface area contributed by atoms with Crippen LogP contribution in [-0.2, 0) is 4.79 Å². The van der Waals surface area contributed by atoms with E-state index in [0.29, 0.717) is 5.75 Å². The van der Waals surface area contributed by atoms with E-state index in [1.54, 1.807) is 30.1 Å². The van der Waals surface area contributed by atoms with Gasteiger partial charge in [0.1, 0.15) is 0 Å². The third-order valence-corrected chi connectivity index (χ3v) is 4.32. The third-order valence-electron chi connectivity index (χ3n) is 4.32. The van der Waals surface area contributed by atoms with Crippen LogP contribution >= 0.6 is 0 Å². The van der Waals surface area contributed by atoms with Crippen molar-refractivity contribution in [2.24, 2.45) is 5.73 Å². The lowest BCUT2D eigenvalue weighted by Crippen LogP contribution is -2.40. The van der Waals surface area contributed by atoms with Gasteiger partial charge in [-0.2, -0.15) is 0 Å². The molecule has 0 saturated heterocycles. The summed E-state index contributed by atoms with van der Waals surface area (Å²) in [5.41, 5.74) is 5.56. The minimum Gasteiger partial charge on any atom is -0.493 e. The van der Waals surface area contributed by atoms with Crippen molar-refractivity contribution in [3.63, 3.8) is 0 Å². The van der Waals surface area contributed by atoms with Gasteiger partial charge in [-0.3, -0.25) is 9.59 Å². The van der Waals surface area contributed by atoms with Crippen molar-refractivity contribution in [1.29, 1.82) is 0 Å². The number of benzene rings is 1. The first-order valence-corrected chi connectivity index (χ1v) is 7.90. The second-order valence-corrected chi connectivity index (χ2v) is 5.79. The highest BCUT2D eigenvalue weighted by atomic mass is 16.5. The van der Waals surface area contributed by atoms with Crippen LogP contribution in [0, 0.1) is 0 Å². The zero-order chi connectivity index (χ0) is 16.8. The summed E-state index contributed by atoms with van der Waals surface area (Å²) in [6.07, 6.45) is 5.61. The van der Waals surface area contributed by atoms with E-state index in [1.165, 1.54) is 13.5 Å². The first kappa shape index (κ1) is 17.1. The molecule has 1 aliphatic carbocycles. The zero-order valence-electron chi connectivity index (χ0n) is 13.7. The van der Waals surface area contributed by atoms with Crippen LogP contribution in [0.3, 0.4) is 0 Å². The lowest BCUT2D eigenvalue weighted by molar-refractivity contribution is -0.134. The number of nitrogens with two attached hydrogens (primary N) is 1. The second kappa shape index (κ2) is 7.85. The Bertz CT molecular complexity index is 568. The molecule has 126 valence electrons. The predicted octanol–water partition coefficient (Wildman–Crippen LogP) is 1.96. The molecular weight excluding hydrogens is 296 g/mol. The van der Waals surface area contributed by atoms with Crippen LogP contribution in [-0.4, -0.2) is 43.5 Å². The molecule has 2 N–H and O–H groups in total. The molecular formula is C17H24N2O4. The molecule has 0 aromatic heterocycles. The Labute approximate surface area is 136 Å². The van der Waals surface area contributed by atoms with Crippen molar-refractivity contribution in [2.75, 3.05) is 20.8 Å². The Morgan fingerprint density at radius 1 is 1.26 bits per heavy atom. The van der Waals surface area contributed by atoms with Gasteiger partial charge >= 0.3 is 0 Å². The fourth-order valence-corrected chi connectivity index (χ4v) is 2.93. The first-order chi connectivity index (χ1) is 11.0. The molecule has 1 saturated carbocycles. The molecule has 6 heteroatoms. The Balaban J connectivity index is 2.05. The van der Waals surface area contributed by atoms with E-state index in [0.717, 1.165) is 25.7 Å². The number of ether oxygens (including phenoxy) is 2. The Morgan fingerprint density at radius 3 is 2.57 bits per heavy atom. The Hall–Kier alpha value is -2.24. The maximum Gasteiger partial charge on any atom is 0.260 e. The molecule has 23 heavy (non-hydrogen) atoms. The van der Waals surface area contributed by atoms with Gasteiger partial charge in [-0.05, 0) is 25.0 Å². The SMILES string of the molecule is COc1cccc(C(N)=O)c1OCC(=O)N(C)C1CCCCC1. The molecule has 6 nitrogen and oxygen atoms in total. The topological polar surface area (TPSA) is 81.9 Å². The van der Waals surface area contributed by atoms with Gasteiger partial charge in [-0.25, -0.2) is 0 Å². The van der Waals surface area contributed by atoms with Crippen molar-refractivity contribution in [3.8, 4) is 11.5 Å². The highest BCUT2D eigenvalue weighted by Gasteiger charge is 2.23. The fraction of sp³-hybridized carbons (Fsp3) is 0.529. The fourth-order valence-electron chi connectivity index (χ4n) is 2.93. The minimum atomic E-state index is -0.619. The van der Waals surface area contributed by atoms with Gasteiger partial charge in [0.05, 0.1) is 12.7 Å². The molecule has 0 heterocycles. The molecule has 1 aromatic carbocycles. The lowest BCUT2D eigenvalue weighted by Gasteiger charge is -2.31. The molecule has 0 atom stereocenters. The van der Waals surface area contributed by atoms with Crippen LogP contribution in [0.15, 0.2) is 18.2 Å². The molecule has 1 aromatic rings. The molecule has 0 unspecified atom stereocenters. The van der Waals surface area contributed by atoms with Gasteiger partial charge in [-0.1, -0.05) is 25.3 Å². The van der Waals surface area contributed by atoms with Gasteiger partial charge in [-0.15, -0.1) is 0 Å². The van der Waals surface area contributed by atoms with Crippen molar-refractivity contribution < 1.29 is 19.1 Å². The molecule has 0 radical (unpaired) electrons. The molecule has 1 aliphatic rings. The Kier molecular flexibility index (Phi) is 5.84. The van der Waals surface area contributed by atoms with E-state index < -0.39 is 5.91 Å². The monoisotopic (exact) mass is 320 g/mol. The summed E-state index contributed by atoms with van der Waals surface area (Å²) in [5.74, 6) is -0.132. The number of carbonyl (C=O) groups is 2. The first-order valence-electron chi connectivity index (χ1n) is 7.90. The van der Waals surface area contributed by atoms with Gasteiger partial charge in [0.25, 0.3) is 11.8 Å². The minimum absolute atomic E-state index is 0.113. The van der Waals surface area contributed by atoms with Crippen LogP contribution in [0.4, 0.5) is 0 Å². The van der Waals surface area contributed by atoms with E-state index in [9.17, 15) is 9.59 Å². The van der Waals surface area contributed by atoms with Gasteiger partial charge < -0.3 is 20.1 Å². The van der Waals surface area contributed by atoms with Crippen molar-refractivity contribution >= 4 is 11.8 Å². The third kappa shape index (κ3) is 4.15. The molecule has 0 aliphatic heterocycles. The summed E-state index contributed by atoms with van der Waals surface area (Å²) in [7, 11) is 3.28. The van der Waals surface area contributed by atoms with Crippen molar-refractivity contribution in [3.05, 3.63) is 23.8 Å². The van der Waals surface area contributed by atoms with Crippen molar-refractivity contribution in [2.45, 2.75) is 38.1 Å². The number of para-hydroxylation sites is 1. The van der Waals surface area contributed by atoms with E-state index >= 15 is 0 Å². The second-order valence-electron chi connectivity index (χ2n) is 5.79. The summed E-state index contributed by atoms with van der Waals surface area (Å²) in [4.78, 5) is 25.6. The summed E-state index contributed by atoms with van der Waals surface area (Å²) < 4.78 is 10.8. The predicted molar refractivity (Wildman–Crippen MR) is 86.6 cm³/mol. The van der Waals surface area contributed by atoms with E-state index in [4.69, 9.17) is 15.2 Å². The Morgan fingerprint density at radius 2 is 1.96 bits per heavy atom.